The van der Waals surface area contributed by atoms with Crippen LogP contribution >= 0.6 is 0 Å². The van der Waals surface area contributed by atoms with Crippen LogP contribution in [-0.2, 0) is 5.41 Å². The van der Waals surface area contributed by atoms with E-state index < -0.39 is 0 Å². The third-order valence-electron chi connectivity index (χ3n) is 4.11. The van der Waals surface area contributed by atoms with Gasteiger partial charge < -0.3 is 0 Å². The molecule has 17 heavy (non-hydrogen) atoms. The van der Waals surface area contributed by atoms with Gasteiger partial charge in [0.2, 0.25) is 0 Å². The van der Waals surface area contributed by atoms with Crippen LogP contribution in [0.15, 0.2) is 60.7 Å². The molecule has 1 aliphatic carbocycles. The van der Waals surface area contributed by atoms with Crippen LogP contribution in [0.4, 0.5) is 0 Å². The zero-order valence-electron chi connectivity index (χ0n) is 10.1. The van der Waals surface area contributed by atoms with E-state index in [1.807, 2.05) is 0 Å². The highest BCUT2D eigenvalue weighted by Gasteiger charge is 2.36. The predicted octanol–water partition coefficient (Wildman–Crippen LogP) is 4.55. The van der Waals surface area contributed by atoms with Crippen molar-refractivity contribution >= 4 is 0 Å². The molecular formula is C17H18. The van der Waals surface area contributed by atoms with E-state index in [-0.39, 0.29) is 5.41 Å². The van der Waals surface area contributed by atoms with Crippen LogP contribution in [0, 0.1) is 0 Å². The first-order valence-electron chi connectivity index (χ1n) is 6.53. The molecule has 1 aliphatic rings. The summed E-state index contributed by atoms with van der Waals surface area (Å²) in [6.45, 7) is 0. The minimum absolute atomic E-state index is 0.280. The van der Waals surface area contributed by atoms with E-state index in [4.69, 9.17) is 0 Å². The van der Waals surface area contributed by atoms with Gasteiger partial charge in [-0.1, -0.05) is 73.5 Å². The lowest BCUT2D eigenvalue weighted by molar-refractivity contribution is 0.535. The van der Waals surface area contributed by atoms with Crippen molar-refractivity contribution in [3.05, 3.63) is 71.8 Å². The fraction of sp³-hybridized carbons (Fsp3) is 0.294. The Hall–Kier alpha value is -1.56. The first-order chi connectivity index (χ1) is 8.42. The Kier molecular flexibility index (Phi) is 2.72. The zero-order chi connectivity index (χ0) is 11.6. The van der Waals surface area contributed by atoms with E-state index in [0.717, 1.165) is 0 Å². The molecule has 0 spiro atoms. The van der Waals surface area contributed by atoms with Crippen LogP contribution in [0.2, 0.25) is 0 Å². The van der Waals surface area contributed by atoms with Gasteiger partial charge in [-0.2, -0.15) is 0 Å². The standard InChI is InChI=1S/C17H18/c1-3-9-15(10-4-1)17(13-7-8-14-17)16-11-5-2-6-12-16/h1-6,9-12H,7-8,13-14H2. The topological polar surface area (TPSA) is 0 Å². The lowest BCUT2D eigenvalue weighted by Crippen LogP contribution is -2.23. The average Bonchev–Trinajstić information content (AvgIpc) is 2.91. The molecule has 0 aromatic heterocycles. The smallest absolute Gasteiger partial charge is 0.0202 e. The molecule has 0 aliphatic heterocycles. The van der Waals surface area contributed by atoms with Gasteiger partial charge in [-0.15, -0.1) is 0 Å². The maximum atomic E-state index is 2.29. The predicted molar refractivity (Wildman–Crippen MR) is 72.1 cm³/mol. The lowest BCUT2D eigenvalue weighted by atomic mass is 9.73. The Bertz CT molecular complexity index is 422. The summed E-state index contributed by atoms with van der Waals surface area (Å²) in [5, 5.41) is 0. The van der Waals surface area contributed by atoms with Crippen LogP contribution < -0.4 is 0 Å². The van der Waals surface area contributed by atoms with Crippen molar-refractivity contribution in [3.8, 4) is 0 Å². The van der Waals surface area contributed by atoms with Crippen molar-refractivity contribution < 1.29 is 0 Å². The minimum Gasteiger partial charge on any atom is -0.0622 e. The molecular weight excluding hydrogens is 204 g/mol. The van der Waals surface area contributed by atoms with Gasteiger partial charge in [0.05, 0.1) is 0 Å². The van der Waals surface area contributed by atoms with Gasteiger partial charge in [-0.05, 0) is 24.0 Å². The molecule has 2 aromatic carbocycles. The second-order valence-corrected chi connectivity index (χ2v) is 5.02. The Labute approximate surface area is 103 Å². The van der Waals surface area contributed by atoms with Crippen molar-refractivity contribution in [3.63, 3.8) is 0 Å². The minimum atomic E-state index is 0.280. The maximum absolute atomic E-state index is 2.29. The summed E-state index contributed by atoms with van der Waals surface area (Å²) in [7, 11) is 0. The normalized spacial score (nSPS) is 18.1. The molecule has 0 heteroatoms. The summed E-state index contributed by atoms with van der Waals surface area (Å²) in [6, 6.07) is 22.0. The fourth-order valence-electron chi connectivity index (χ4n) is 3.24. The number of rotatable bonds is 2. The Morgan fingerprint density at radius 2 is 1.00 bits per heavy atom. The van der Waals surface area contributed by atoms with Gasteiger partial charge in [-0.3, -0.25) is 0 Å². The Balaban J connectivity index is 2.11. The summed E-state index contributed by atoms with van der Waals surface area (Å²) in [4.78, 5) is 0. The van der Waals surface area contributed by atoms with E-state index in [1.165, 1.54) is 36.8 Å². The molecule has 1 saturated carbocycles. The second kappa shape index (κ2) is 4.37. The van der Waals surface area contributed by atoms with Crippen molar-refractivity contribution in [2.24, 2.45) is 0 Å². The van der Waals surface area contributed by atoms with Gasteiger partial charge in [0, 0.05) is 5.41 Å². The van der Waals surface area contributed by atoms with Crippen molar-refractivity contribution in [1.29, 1.82) is 0 Å². The SMILES string of the molecule is c1ccc(C2(c3ccccc3)CCCC2)cc1. The third-order valence-corrected chi connectivity index (χ3v) is 4.11. The molecule has 0 unspecified atom stereocenters. The average molecular weight is 222 g/mol. The largest absolute Gasteiger partial charge is 0.0622 e. The monoisotopic (exact) mass is 222 g/mol. The van der Waals surface area contributed by atoms with E-state index in [2.05, 4.69) is 60.7 Å². The van der Waals surface area contributed by atoms with Gasteiger partial charge in [0.15, 0.2) is 0 Å². The molecule has 0 radical (unpaired) electrons. The second-order valence-electron chi connectivity index (χ2n) is 5.02. The van der Waals surface area contributed by atoms with Crippen LogP contribution in [0.25, 0.3) is 0 Å². The Morgan fingerprint density at radius 1 is 0.588 bits per heavy atom. The molecule has 0 amide bonds. The van der Waals surface area contributed by atoms with E-state index in [0.29, 0.717) is 0 Å². The van der Waals surface area contributed by atoms with E-state index in [9.17, 15) is 0 Å². The van der Waals surface area contributed by atoms with Gasteiger partial charge in [0.1, 0.15) is 0 Å². The molecule has 0 N–H and O–H groups in total. The molecule has 1 fully saturated rings. The highest BCUT2D eigenvalue weighted by atomic mass is 14.4. The van der Waals surface area contributed by atoms with Crippen LogP contribution in [0.3, 0.4) is 0 Å². The quantitative estimate of drug-likeness (QED) is 0.699. The molecule has 2 aromatic rings. The number of benzene rings is 2. The Morgan fingerprint density at radius 3 is 1.41 bits per heavy atom. The third kappa shape index (κ3) is 1.78. The first-order valence-corrected chi connectivity index (χ1v) is 6.53. The van der Waals surface area contributed by atoms with Crippen LogP contribution in [0.1, 0.15) is 36.8 Å². The van der Waals surface area contributed by atoms with Crippen molar-refractivity contribution in [1.82, 2.24) is 0 Å². The van der Waals surface area contributed by atoms with Crippen LogP contribution in [-0.4, -0.2) is 0 Å². The van der Waals surface area contributed by atoms with Gasteiger partial charge in [-0.25, -0.2) is 0 Å². The summed E-state index contributed by atoms with van der Waals surface area (Å²) in [5.74, 6) is 0. The number of hydrogen-bond acceptors (Lipinski definition) is 0. The first kappa shape index (κ1) is 10.6. The maximum Gasteiger partial charge on any atom is 0.0202 e. The molecule has 0 heterocycles. The molecule has 0 atom stereocenters. The highest BCUT2D eigenvalue weighted by molar-refractivity contribution is 5.40. The molecule has 3 rings (SSSR count). The molecule has 0 saturated heterocycles. The summed E-state index contributed by atoms with van der Waals surface area (Å²) < 4.78 is 0. The van der Waals surface area contributed by atoms with Gasteiger partial charge in [0.25, 0.3) is 0 Å². The fourth-order valence-corrected chi connectivity index (χ4v) is 3.24. The summed E-state index contributed by atoms with van der Waals surface area (Å²) in [5.41, 5.74) is 3.26. The number of hydrogen-bond donors (Lipinski definition) is 0. The van der Waals surface area contributed by atoms with Crippen LogP contribution in [0.5, 0.6) is 0 Å². The summed E-state index contributed by atoms with van der Waals surface area (Å²) in [6.07, 6.45) is 5.29. The van der Waals surface area contributed by atoms with E-state index >= 15 is 0 Å². The zero-order valence-corrected chi connectivity index (χ0v) is 10.1. The highest BCUT2D eigenvalue weighted by Crippen LogP contribution is 2.46. The molecule has 0 bridgehead atoms. The van der Waals surface area contributed by atoms with Gasteiger partial charge >= 0.3 is 0 Å². The van der Waals surface area contributed by atoms with Crippen molar-refractivity contribution in [2.45, 2.75) is 31.1 Å². The van der Waals surface area contributed by atoms with Crippen molar-refractivity contribution in [2.75, 3.05) is 0 Å². The van der Waals surface area contributed by atoms with E-state index in [1.54, 1.807) is 0 Å². The molecule has 86 valence electrons. The summed E-state index contributed by atoms with van der Waals surface area (Å²) >= 11 is 0. The molecule has 0 nitrogen and oxygen atoms in total. The lowest BCUT2D eigenvalue weighted by Gasteiger charge is -2.30.